The lowest BCUT2D eigenvalue weighted by molar-refractivity contribution is -0.136. The number of sulfonamides is 1. The summed E-state index contributed by atoms with van der Waals surface area (Å²) in [5.74, 6) is -6.03. The van der Waals surface area contributed by atoms with E-state index >= 15 is 0 Å². The van der Waals surface area contributed by atoms with Crippen LogP contribution in [-0.2, 0) is 26.7 Å². The van der Waals surface area contributed by atoms with E-state index in [1.165, 1.54) is 42.5 Å². The molecule has 0 spiro atoms. The Bertz CT molecular complexity index is 3250. The van der Waals surface area contributed by atoms with E-state index in [1.807, 2.05) is 15.6 Å². The standard InChI is InChI=1S/C50H52F3N11O8S/c1-28(29-8-11-32(51)12-9-29)72-40-23-30(10-13-37(40)59-73(69,70)50(52)53)44-43-45(60(2)58-44)36(25-55-46(43)54)31-24-56-63(26-31)33-16-19-61(20-17-33)21-22-62-18-4-5-34(62)27-71-39-7-3-6-35-42(39)49(68)64(48(35)67)38-14-15-41(65)57-47(38)66/h3,6-13,23-26,28,33-34,38,50,59H,4-5,14-22,27H2,1-2H3,(H2,54,55)(H,57,65,66). The fourth-order valence-electron chi connectivity index (χ4n) is 10.3. The lowest BCUT2D eigenvalue weighted by atomic mass is 10.0. The number of anilines is 2. The van der Waals surface area contributed by atoms with Crippen molar-refractivity contribution in [3.8, 4) is 33.9 Å². The van der Waals surface area contributed by atoms with Crippen molar-refractivity contribution in [1.29, 1.82) is 0 Å². The molecule has 3 unspecified atom stereocenters. The van der Waals surface area contributed by atoms with Crippen LogP contribution < -0.4 is 25.2 Å². The van der Waals surface area contributed by atoms with E-state index < -0.39 is 57.4 Å². The van der Waals surface area contributed by atoms with E-state index in [0.29, 0.717) is 45.6 Å². The molecule has 19 nitrogen and oxygen atoms in total. The minimum Gasteiger partial charge on any atom is -0.491 e. The maximum Gasteiger partial charge on any atom is 0.355 e. The first-order chi connectivity index (χ1) is 35.0. The largest absolute Gasteiger partial charge is 0.491 e. The second-order valence-corrected chi connectivity index (χ2v) is 20.4. The molecule has 3 fully saturated rings. The van der Waals surface area contributed by atoms with Crippen LogP contribution in [0.4, 0.5) is 24.7 Å². The van der Waals surface area contributed by atoms with Gasteiger partial charge in [-0.25, -0.2) is 17.8 Å². The van der Waals surface area contributed by atoms with Gasteiger partial charge in [-0.2, -0.15) is 19.0 Å². The van der Waals surface area contributed by atoms with Gasteiger partial charge in [-0.3, -0.25) is 48.4 Å². The Hall–Kier alpha value is -7.37. The van der Waals surface area contributed by atoms with Crippen molar-refractivity contribution < 1.29 is 50.2 Å². The molecule has 4 aliphatic rings. The van der Waals surface area contributed by atoms with E-state index in [2.05, 4.69) is 20.1 Å². The molecule has 0 saturated carbocycles. The quantitative estimate of drug-likeness (QED) is 0.0959. The number of hydrogen-bond acceptors (Lipinski definition) is 14. The molecule has 4 amide bonds. The highest BCUT2D eigenvalue weighted by Crippen LogP contribution is 2.41. The van der Waals surface area contributed by atoms with Gasteiger partial charge >= 0.3 is 5.76 Å². The van der Waals surface area contributed by atoms with Crippen molar-refractivity contribution in [2.45, 2.75) is 75.4 Å². The summed E-state index contributed by atoms with van der Waals surface area (Å²) >= 11 is 0. The number of likely N-dealkylation sites (tertiary alicyclic amines) is 2. The number of imide groups is 2. The number of aromatic nitrogens is 5. The molecule has 7 heterocycles. The maximum absolute atomic E-state index is 13.7. The highest BCUT2D eigenvalue weighted by molar-refractivity contribution is 7.93. The number of aryl methyl sites for hydroxylation is 1. The molecule has 382 valence electrons. The van der Waals surface area contributed by atoms with Gasteiger partial charge in [0.2, 0.25) is 11.8 Å². The first-order valence-electron chi connectivity index (χ1n) is 24.0. The number of ether oxygens (including phenoxy) is 2. The Balaban J connectivity index is 0.783. The molecule has 4 aliphatic heterocycles. The minimum atomic E-state index is -5.07. The summed E-state index contributed by atoms with van der Waals surface area (Å²) in [7, 11) is -3.32. The molecule has 73 heavy (non-hydrogen) atoms. The number of hydrogen-bond donors (Lipinski definition) is 3. The third-order valence-corrected chi connectivity index (χ3v) is 15.2. The average molecular weight is 1020 g/mol. The van der Waals surface area contributed by atoms with Crippen molar-refractivity contribution >= 4 is 56.1 Å². The van der Waals surface area contributed by atoms with Gasteiger partial charge in [0.1, 0.15) is 47.6 Å². The number of fused-ring (bicyclic) bond motifs is 2. The summed E-state index contributed by atoms with van der Waals surface area (Å²) in [5.41, 5.74) is 10.1. The Morgan fingerprint density at radius 3 is 2.44 bits per heavy atom. The van der Waals surface area contributed by atoms with Gasteiger partial charge in [0.05, 0.1) is 40.0 Å². The van der Waals surface area contributed by atoms with Crippen LogP contribution in [0.3, 0.4) is 0 Å². The van der Waals surface area contributed by atoms with E-state index in [-0.39, 0.29) is 53.3 Å². The molecular weight excluding hydrogens is 972 g/mol. The minimum absolute atomic E-state index is 0.0390. The Labute approximate surface area is 417 Å². The predicted molar refractivity (Wildman–Crippen MR) is 261 cm³/mol. The van der Waals surface area contributed by atoms with Crippen molar-refractivity contribution in [2.75, 3.05) is 49.8 Å². The first-order valence-corrected chi connectivity index (χ1v) is 25.5. The van der Waals surface area contributed by atoms with Crippen LogP contribution >= 0.6 is 0 Å². The lowest BCUT2D eigenvalue weighted by Gasteiger charge is -2.34. The molecule has 3 aromatic carbocycles. The molecule has 0 aliphatic carbocycles. The molecule has 23 heteroatoms. The third kappa shape index (κ3) is 9.70. The second-order valence-electron chi connectivity index (χ2n) is 18.7. The number of nitrogens with two attached hydrogens (primary N) is 1. The van der Waals surface area contributed by atoms with Crippen LogP contribution in [0.1, 0.15) is 83.9 Å². The van der Waals surface area contributed by atoms with Crippen molar-refractivity contribution in [1.82, 2.24) is 44.6 Å². The van der Waals surface area contributed by atoms with Gasteiger partial charge in [-0.05, 0) is 87.5 Å². The molecule has 10 rings (SSSR count). The number of alkyl halides is 2. The summed E-state index contributed by atoms with van der Waals surface area (Å²) in [5, 5.41) is 12.3. The number of nitrogens with one attached hydrogen (secondary N) is 2. The van der Waals surface area contributed by atoms with Gasteiger partial charge in [0, 0.05) is 74.8 Å². The van der Waals surface area contributed by atoms with Crippen LogP contribution in [0.5, 0.6) is 11.5 Å². The van der Waals surface area contributed by atoms with Crippen LogP contribution in [-0.4, -0.2) is 128 Å². The van der Waals surface area contributed by atoms with Gasteiger partial charge in [0.25, 0.3) is 21.8 Å². The molecular formula is C50H52F3N11O8S. The maximum atomic E-state index is 13.7. The smallest absolute Gasteiger partial charge is 0.355 e. The van der Waals surface area contributed by atoms with Crippen LogP contribution in [0.2, 0.25) is 0 Å². The van der Waals surface area contributed by atoms with Crippen LogP contribution in [0.15, 0.2) is 79.3 Å². The van der Waals surface area contributed by atoms with Crippen LogP contribution in [0.25, 0.3) is 33.3 Å². The summed E-state index contributed by atoms with van der Waals surface area (Å²) in [4.78, 5) is 61.6. The molecule has 3 saturated heterocycles. The number of nitrogen functional groups attached to an aromatic ring is 1. The number of piperidine rings is 2. The van der Waals surface area contributed by atoms with Gasteiger partial charge in [-0.1, -0.05) is 24.3 Å². The fraction of sp³-hybridized carbons (Fsp3) is 0.380. The van der Waals surface area contributed by atoms with Crippen molar-refractivity contribution in [3.05, 3.63) is 102 Å². The zero-order chi connectivity index (χ0) is 51.3. The summed E-state index contributed by atoms with van der Waals surface area (Å²) < 4.78 is 83.3. The van der Waals surface area contributed by atoms with Gasteiger partial charge in [-0.15, -0.1) is 0 Å². The SMILES string of the molecule is CC(Oc1cc(-c2nn(C)c3c(-c4cnn(C5CCN(CCN6CCCC6COc6cccc7c6C(=O)N(C6CCC(=O)NC6=O)C7=O)CC5)c4)cnc(N)c23)ccc1NS(=O)(=O)C(F)F)c1ccc(F)cc1. The number of rotatable bonds is 16. The highest BCUT2D eigenvalue weighted by atomic mass is 32.2. The number of benzene rings is 3. The molecule has 3 aromatic heterocycles. The van der Waals surface area contributed by atoms with Crippen LogP contribution in [0, 0.1) is 5.82 Å². The fourth-order valence-corrected chi connectivity index (χ4v) is 10.9. The van der Waals surface area contributed by atoms with Gasteiger partial charge < -0.3 is 20.1 Å². The molecule has 6 aromatic rings. The summed E-state index contributed by atoms with van der Waals surface area (Å²) in [6.07, 6.45) is 8.45. The zero-order valence-corrected chi connectivity index (χ0v) is 40.7. The van der Waals surface area contributed by atoms with Crippen molar-refractivity contribution in [2.24, 2.45) is 7.05 Å². The third-order valence-electron chi connectivity index (χ3n) is 14.2. The summed E-state index contributed by atoms with van der Waals surface area (Å²) in [6, 6.07) is 13.9. The number of carbonyl (C=O) groups is 4. The Morgan fingerprint density at radius 1 is 0.904 bits per heavy atom. The highest BCUT2D eigenvalue weighted by Gasteiger charge is 2.46. The molecule has 0 radical (unpaired) electrons. The number of halogens is 3. The van der Waals surface area contributed by atoms with Crippen molar-refractivity contribution in [3.63, 3.8) is 0 Å². The molecule has 0 bridgehead atoms. The Kier molecular flexibility index (Phi) is 13.4. The Morgan fingerprint density at radius 2 is 1.68 bits per heavy atom. The number of pyridine rings is 1. The number of amides is 4. The number of nitrogens with zero attached hydrogens (tertiary/aromatic N) is 8. The van der Waals surface area contributed by atoms with Gasteiger partial charge in [0.15, 0.2) is 0 Å². The zero-order valence-electron chi connectivity index (χ0n) is 39.8. The van der Waals surface area contributed by atoms with E-state index in [0.717, 1.165) is 68.9 Å². The lowest BCUT2D eigenvalue weighted by Crippen LogP contribution is -2.54. The predicted octanol–water partition coefficient (Wildman–Crippen LogP) is 5.91. The van der Waals surface area contributed by atoms with E-state index in [1.54, 1.807) is 49.2 Å². The monoisotopic (exact) mass is 1020 g/mol. The molecule has 3 atom stereocenters. The molecule has 4 N–H and O–H groups in total. The van der Waals surface area contributed by atoms with E-state index in [4.69, 9.17) is 25.4 Å². The number of carbonyl (C=O) groups excluding carboxylic acids is 4. The topological polar surface area (TPSA) is 229 Å². The average Bonchev–Trinajstić information content (AvgIpc) is 4.18. The summed E-state index contributed by atoms with van der Waals surface area (Å²) in [6.45, 7) is 6.30. The van der Waals surface area contributed by atoms with E-state index in [9.17, 15) is 40.8 Å². The normalized spacial score (nSPS) is 19.5. The second kappa shape index (κ2) is 19.9. The first kappa shape index (κ1) is 49.2.